The maximum absolute atomic E-state index is 12.1. The normalized spacial score (nSPS) is 14.2. The van der Waals surface area contributed by atoms with Crippen LogP contribution in [0.4, 0.5) is 0 Å². The molecule has 0 spiro atoms. The van der Waals surface area contributed by atoms with Crippen molar-refractivity contribution < 1.29 is 14.3 Å². The van der Waals surface area contributed by atoms with E-state index in [1.165, 1.54) is 11.8 Å². The Morgan fingerprint density at radius 3 is 2.62 bits per heavy atom. The molecule has 0 aliphatic heterocycles. The first-order valence-corrected chi connectivity index (χ1v) is 8.60. The molecule has 2 atom stereocenters. The van der Waals surface area contributed by atoms with Crippen molar-refractivity contribution >= 4 is 17.7 Å². The van der Waals surface area contributed by atoms with Crippen molar-refractivity contribution in [3.8, 4) is 0 Å². The summed E-state index contributed by atoms with van der Waals surface area (Å²) in [6.45, 7) is 8.71. The van der Waals surface area contributed by atoms with E-state index in [9.17, 15) is 9.90 Å². The summed E-state index contributed by atoms with van der Waals surface area (Å²) in [6.07, 6.45) is 1.92. The number of furan rings is 1. The molecule has 120 valence electrons. The number of aliphatic hydroxyl groups excluding tert-OH is 1. The van der Waals surface area contributed by atoms with Crippen molar-refractivity contribution in [3.63, 3.8) is 0 Å². The fourth-order valence-corrected chi connectivity index (χ4v) is 2.69. The highest BCUT2D eigenvalue weighted by Crippen LogP contribution is 2.13. The molecule has 0 saturated carbocycles. The molecule has 0 fully saturated rings. The number of rotatable bonds is 9. The lowest BCUT2D eigenvalue weighted by molar-refractivity contribution is 0.0904. The Morgan fingerprint density at radius 1 is 1.43 bits per heavy atom. The van der Waals surface area contributed by atoms with Crippen LogP contribution in [0, 0.1) is 0 Å². The molecule has 0 aliphatic carbocycles. The topological polar surface area (TPSA) is 65.7 Å². The Labute approximate surface area is 131 Å². The molecular weight excluding hydrogens is 288 g/mol. The maximum atomic E-state index is 12.1. The second-order valence-corrected chi connectivity index (χ2v) is 6.02. The number of thioether (sulfide) groups is 1. The number of carbonyl (C=O) groups excluding carboxylic acids is 1. The van der Waals surface area contributed by atoms with Crippen LogP contribution in [0.25, 0.3) is 0 Å². The highest BCUT2D eigenvalue weighted by molar-refractivity contribution is 7.99. The van der Waals surface area contributed by atoms with E-state index in [0.717, 1.165) is 18.8 Å². The minimum Gasteiger partial charge on any atom is -0.455 e. The second kappa shape index (κ2) is 9.12. The Bertz CT molecular complexity index is 428. The van der Waals surface area contributed by atoms with Crippen molar-refractivity contribution in [1.82, 2.24) is 10.2 Å². The van der Waals surface area contributed by atoms with Gasteiger partial charge in [0.25, 0.3) is 5.91 Å². The number of amides is 1. The SMILES string of the molecule is CCN(CC)Cc1ccc(C(=O)NC(C)C(CO)SC)o1. The lowest BCUT2D eigenvalue weighted by Gasteiger charge is -2.20. The lowest BCUT2D eigenvalue weighted by Crippen LogP contribution is -2.41. The van der Waals surface area contributed by atoms with Gasteiger partial charge in [-0.3, -0.25) is 9.69 Å². The first-order chi connectivity index (χ1) is 10.0. The molecule has 6 heteroatoms. The van der Waals surface area contributed by atoms with Gasteiger partial charge in [-0.2, -0.15) is 11.8 Å². The van der Waals surface area contributed by atoms with Crippen LogP contribution in [0.5, 0.6) is 0 Å². The quantitative estimate of drug-likeness (QED) is 0.729. The van der Waals surface area contributed by atoms with Crippen LogP contribution in [-0.4, -0.2) is 53.2 Å². The van der Waals surface area contributed by atoms with E-state index >= 15 is 0 Å². The molecule has 1 aromatic rings. The van der Waals surface area contributed by atoms with Crippen molar-refractivity contribution in [2.24, 2.45) is 0 Å². The van der Waals surface area contributed by atoms with E-state index in [1.54, 1.807) is 6.07 Å². The summed E-state index contributed by atoms with van der Waals surface area (Å²) in [5, 5.41) is 12.1. The predicted octanol–water partition coefficient (Wildman–Crippen LogP) is 1.96. The Kier molecular flexibility index (Phi) is 7.85. The number of hydrogen-bond acceptors (Lipinski definition) is 5. The van der Waals surface area contributed by atoms with E-state index in [0.29, 0.717) is 12.3 Å². The fraction of sp³-hybridized carbons (Fsp3) is 0.667. The number of nitrogens with zero attached hydrogens (tertiary/aromatic N) is 1. The van der Waals surface area contributed by atoms with Crippen LogP contribution >= 0.6 is 11.8 Å². The third kappa shape index (κ3) is 5.37. The van der Waals surface area contributed by atoms with Crippen molar-refractivity contribution in [3.05, 3.63) is 23.7 Å². The summed E-state index contributed by atoms with van der Waals surface area (Å²) in [7, 11) is 0. The summed E-state index contributed by atoms with van der Waals surface area (Å²) in [5.41, 5.74) is 0. The summed E-state index contributed by atoms with van der Waals surface area (Å²) in [6, 6.07) is 3.43. The van der Waals surface area contributed by atoms with E-state index in [1.807, 2.05) is 19.2 Å². The number of aliphatic hydroxyl groups is 1. The van der Waals surface area contributed by atoms with Gasteiger partial charge in [-0.05, 0) is 38.4 Å². The first kappa shape index (κ1) is 18.1. The number of carbonyl (C=O) groups is 1. The van der Waals surface area contributed by atoms with Gasteiger partial charge in [-0.15, -0.1) is 0 Å². The van der Waals surface area contributed by atoms with Gasteiger partial charge < -0.3 is 14.8 Å². The standard InChI is InChI=1S/C15H26N2O3S/c1-5-17(6-2)9-12-7-8-13(20-12)15(19)16-11(3)14(10-18)21-4/h7-8,11,14,18H,5-6,9-10H2,1-4H3,(H,16,19). The van der Waals surface area contributed by atoms with Gasteiger partial charge in [0.2, 0.25) is 0 Å². The van der Waals surface area contributed by atoms with E-state index in [2.05, 4.69) is 24.1 Å². The molecule has 2 unspecified atom stereocenters. The zero-order chi connectivity index (χ0) is 15.8. The van der Waals surface area contributed by atoms with E-state index in [4.69, 9.17) is 4.42 Å². The minimum atomic E-state index is -0.235. The number of hydrogen-bond donors (Lipinski definition) is 2. The van der Waals surface area contributed by atoms with E-state index in [-0.39, 0.29) is 23.8 Å². The molecule has 2 N–H and O–H groups in total. The van der Waals surface area contributed by atoms with Gasteiger partial charge >= 0.3 is 0 Å². The Morgan fingerprint density at radius 2 is 2.10 bits per heavy atom. The van der Waals surface area contributed by atoms with Crippen LogP contribution in [0.3, 0.4) is 0 Å². The molecule has 0 radical (unpaired) electrons. The number of nitrogens with one attached hydrogen (secondary N) is 1. The molecule has 1 amide bonds. The Balaban J connectivity index is 2.61. The summed E-state index contributed by atoms with van der Waals surface area (Å²) >= 11 is 1.53. The second-order valence-electron chi connectivity index (χ2n) is 4.95. The molecule has 0 saturated heterocycles. The largest absolute Gasteiger partial charge is 0.455 e. The van der Waals surface area contributed by atoms with E-state index < -0.39 is 0 Å². The van der Waals surface area contributed by atoms with Gasteiger partial charge in [0.15, 0.2) is 5.76 Å². The minimum absolute atomic E-state index is 0.0148. The molecule has 1 rings (SSSR count). The van der Waals surface area contributed by atoms with Crippen molar-refractivity contribution in [2.75, 3.05) is 26.0 Å². The Hall–Kier alpha value is -0.980. The molecule has 5 nitrogen and oxygen atoms in total. The van der Waals surface area contributed by atoms with Gasteiger partial charge in [-0.25, -0.2) is 0 Å². The van der Waals surface area contributed by atoms with Crippen LogP contribution in [0.15, 0.2) is 16.5 Å². The zero-order valence-corrected chi connectivity index (χ0v) is 14.1. The van der Waals surface area contributed by atoms with Crippen molar-refractivity contribution in [1.29, 1.82) is 0 Å². The molecule has 21 heavy (non-hydrogen) atoms. The lowest BCUT2D eigenvalue weighted by atomic mass is 10.2. The zero-order valence-electron chi connectivity index (χ0n) is 13.3. The van der Waals surface area contributed by atoms with Gasteiger partial charge in [0.05, 0.1) is 13.2 Å². The molecule has 1 heterocycles. The van der Waals surface area contributed by atoms with Crippen LogP contribution in [0.2, 0.25) is 0 Å². The predicted molar refractivity (Wildman–Crippen MR) is 86.7 cm³/mol. The highest BCUT2D eigenvalue weighted by atomic mass is 32.2. The highest BCUT2D eigenvalue weighted by Gasteiger charge is 2.20. The average molecular weight is 314 g/mol. The van der Waals surface area contributed by atoms with Crippen LogP contribution < -0.4 is 5.32 Å². The summed E-state index contributed by atoms with van der Waals surface area (Å²) < 4.78 is 5.60. The molecule has 0 bridgehead atoms. The third-order valence-electron chi connectivity index (χ3n) is 3.56. The smallest absolute Gasteiger partial charge is 0.287 e. The van der Waals surface area contributed by atoms with Gasteiger partial charge in [0, 0.05) is 11.3 Å². The maximum Gasteiger partial charge on any atom is 0.287 e. The molecule has 0 aromatic carbocycles. The van der Waals surface area contributed by atoms with Gasteiger partial charge in [0.1, 0.15) is 5.76 Å². The molecule has 0 aliphatic rings. The molecular formula is C15H26N2O3S. The summed E-state index contributed by atoms with van der Waals surface area (Å²) in [4.78, 5) is 14.3. The molecule has 1 aromatic heterocycles. The third-order valence-corrected chi connectivity index (χ3v) is 4.72. The van der Waals surface area contributed by atoms with Gasteiger partial charge in [-0.1, -0.05) is 13.8 Å². The fourth-order valence-electron chi connectivity index (χ4n) is 2.06. The average Bonchev–Trinajstić information content (AvgIpc) is 2.94. The van der Waals surface area contributed by atoms with Crippen LogP contribution in [0.1, 0.15) is 37.1 Å². The first-order valence-electron chi connectivity index (χ1n) is 7.31. The van der Waals surface area contributed by atoms with Crippen LogP contribution in [-0.2, 0) is 6.54 Å². The summed E-state index contributed by atoms with van der Waals surface area (Å²) in [5.74, 6) is 0.877. The monoisotopic (exact) mass is 314 g/mol. The van der Waals surface area contributed by atoms with Crippen molar-refractivity contribution in [2.45, 2.75) is 38.6 Å².